The molecule has 1 N–H and O–H groups in total. The highest BCUT2D eigenvalue weighted by Crippen LogP contribution is 2.33. The lowest BCUT2D eigenvalue weighted by Gasteiger charge is -2.20. The van der Waals surface area contributed by atoms with Crippen LogP contribution in [0.1, 0.15) is 59.8 Å². The number of carbonyl (C=O) groups excluding carboxylic acids is 2. The highest BCUT2D eigenvalue weighted by Gasteiger charge is 2.33. The maximum atomic E-state index is 13.1. The molecule has 1 fully saturated rings. The number of thioether (sulfide) groups is 1. The molecule has 0 spiro atoms. The molecule has 1 aliphatic rings. The maximum absolute atomic E-state index is 13.1. The lowest BCUT2D eigenvalue weighted by Crippen LogP contribution is -2.32. The summed E-state index contributed by atoms with van der Waals surface area (Å²) in [6.07, 6.45) is 1.93. The van der Waals surface area contributed by atoms with Gasteiger partial charge in [0.25, 0.3) is 11.5 Å². The van der Waals surface area contributed by atoms with Gasteiger partial charge in [0, 0.05) is 19.0 Å². The van der Waals surface area contributed by atoms with E-state index in [2.05, 4.69) is 0 Å². The van der Waals surface area contributed by atoms with Crippen molar-refractivity contribution in [3.05, 3.63) is 67.6 Å². The molecule has 0 aliphatic carbocycles. The second-order valence-electron chi connectivity index (χ2n) is 7.80. The molecule has 3 rings (SSSR count). The third-order valence-electron chi connectivity index (χ3n) is 5.66. The first-order valence-electron chi connectivity index (χ1n) is 10.5. The summed E-state index contributed by atoms with van der Waals surface area (Å²) in [5.74, 6) is -1.76. The summed E-state index contributed by atoms with van der Waals surface area (Å²) in [6.45, 7) is 4.93. The van der Waals surface area contributed by atoms with Gasteiger partial charge in [-0.15, -0.1) is 0 Å². The highest BCUT2D eigenvalue weighted by atomic mass is 32.2. The van der Waals surface area contributed by atoms with E-state index in [0.717, 1.165) is 16.3 Å². The van der Waals surface area contributed by atoms with Crippen LogP contribution in [0.2, 0.25) is 0 Å². The number of halogens is 1. The molecule has 1 amide bonds. The third kappa shape index (κ3) is 4.81. The minimum Gasteiger partial charge on any atom is -0.494 e. The van der Waals surface area contributed by atoms with E-state index in [9.17, 15) is 29.1 Å². The second kappa shape index (κ2) is 10.3. The minimum absolute atomic E-state index is 0.0342. The summed E-state index contributed by atoms with van der Waals surface area (Å²) in [5, 5.41) is 20.2. The second-order valence-corrected chi connectivity index (χ2v) is 9.48. The monoisotopic (exact) mass is 499 g/mol. The van der Waals surface area contributed by atoms with Gasteiger partial charge in [0.15, 0.2) is 5.78 Å². The number of thiocarbonyl (C=S) groups is 1. The van der Waals surface area contributed by atoms with Crippen LogP contribution < -0.4 is 5.56 Å². The number of amides is 1. The van der Waals surface area contributed by atoms with E-state index in [4.69, 9.17) is 12.2 Å². The van der Waals surface area contributed by atoms with Crippen molar-refractivity contribution in [2.75, 3.05) is 6.54 Å². The number of aromatic hydroxyl groups is 1. The number of nitriles is 1. The molecular formula is C24H22FN3O4S2. The Morgan fingerprint density at radius 1 is 1.32 bits per heavy atom. The van der Waals surface area contributed by atoms with Crippen LogP contribution in [-0.4, -0.2) is 37.1 Å². The first kappa shape index (κ1) is 25.3. The number of nitrogens with zero attached hydrogens (tertiary/aromatic N) is 3. The predicted molar refractivity (Wildman–Crippen MR) is 132 cm³/mol. The number of aromatic nitrogens is 1. The first-order chi connectivity index (χ1) is 16.1. The van der Waals surface area contributed by atoms with Crippen molar-refractivity contribution in [3.63, 3.8) is 0 Å². The van der Waals surface area contributed by atoms with Gasteiger partial charge in [-0.2, -0.15) is 5.26 Å². The molecule has 34 heavy (non-hydrogen) atoms. The molecule has 1 aliphatic heterocycles. The summed E-state index contributed by atoms with van der Waals surface area (Å²) in [7, 11) is 0. The van der Waals surface area contributed by atoms with Crippen molar-refractivity contribution in [1.82, 2.24) is 9.47 Å². The summed E-state index contributed by atoms with van der Waals surface area (Å²) < 4.78 is 14.5. The van der Waals surface area contributed by atoms with Crippen molar-refractivity contribution in [1.29, 1.82) is 5.26 Å². The molecule has 2 aromatic rings. The van der Waals surface area contributed by atoms with E-state index >= 15 is 0 Å². The van der Waals surface area contributed by atoms with Crippen LogP contribution in [0.3, 0.4) is 0 Å². The molecule has 1 atom stereocenters. The van der Waals surface area contributed by atoms with Crippen LogP contribution >= 0.6 is 24.0 Å². The van der Waals surface area contributed by atoms with Gasteiger partial charge in [-0.3, -0.25) is 23.9 Å². The van der Waals surface area contributed by atoms with Crippen LogP contribution in [0.4, 0.5) is 4.39 Å². The standard InChI is InChI=1S/C24H22FN3O4S2/c1-4-13(2)28-21(30)17(12-26)14(3)20(23(28)32)18(29)9-10-27-22(31)19(34-24(27)33)11-15-5-7-16(25)8-6-15/h5-8,11,13,32H,4,9-10H2,1-3H3/b19-11-. The molecule has 0 radical (unpaired) electrons. The van der Waals surface area contributed by atoms with E-state index in [1.165, 1.54) is 36.1 Å². The van der Waals surface area contributed by atoms with Gasteiger partial charge in [0.2, 0.25) is 5.88 Å². The van der Waals surface area contributed by atoms with E-state index in [1.54, 1.807) is 13.0 Å². The summed E-state index contributed by atoms with van der Waals surface area (Å²) in [6, 6.07) is 7.06. The van der Waals surface area contributed by atoms with Crippen LogP contribution in [0.25, 0.3) is 6.08 Å². The third-order valence-corrected chi connectivity index (χ3v) is 7.04. The molecule has 2 heterocycles. The molecule has 0 saturated carbocycles. The number of pyridine rings is 1. The quantitative estimate of drug-likeness (QED) is 0.344. The lowest BCUT2D eigenvalue weighted by atomic mass is 9.99. The Hall–Kier alpha value is -3.29. The molecule has 1 aromatic carbocycles. The number of carbonyl (C=O) groups is 2. The van der Waals surface area contributed by atoms with E-state index in [0.29, 0.717) is 16.9 Å². The Kier molecular flexibility index (Phi) is 7.69. The summed E-state index contributed by atoms with van der Waals surface area (Å²) >= 11 is 6.38. The largest absolute Gasteiger partial charge is 0.494 e. The Morgan fingerprint density at radius 2 is 1.97 bits per heavy atom. The van der Waals surface area contributed by atoms with Crippen molar-refractivity contribution in [2.45, 2.75) is 39.7 Å². The van der Waals surface area contributed by atoms with Gasteiger partial charge < -0.3 is 5.11 Å². The van der Waals surface area contributed by atoms with Crippen molar-refractivity contribution >= 4 is 46.1 Å². The molecule has 1 aromatic heterocycles. The zero-order valence-electron chi connectivity index (χ0n) is 18.8. The summed E-state index contributed by atoms with van der Waals surface area (Å²) in [5.41, 5.74) is -0.213. The van der Waals surface area contributed by atoms with E-state index in [-0.39, 0.29) is 45.7 Å². The van der Waals surface area contributed by atoms with Crippen molar-refractivity contribution < 1.29 is 19.1 Å². The number of ketones is 1. The highest BCUT2D eigenvalue weighted by molar-refractivity contribution is 8.26. The molecule has 0 bridgehead atoms. The Bertz CT molecular complexity index is 1310. The summed E-state index contributed by atoms with van der Waals surface area (Å²) in [4.78, 5) is 40.2. The number of hydrogen-bond donors (Lipinski definition) is 1. The molecular weight excluding hydrogens is 477 g/mol. The number of hydrogen-bond acceptors (Lipinski definition) is 7. The fraction of sp³-hybridized carbons (Fsp3) is 0.292. The molecule has 176 valence electrons. The van der Waals surface area contributed by atoms with Crippen LogP contribution in [-0.2, 0) is 4.79 Å². The van der Waals surface area contributed by atoms with Gasteiger partial charge in [0.1, 0.15) is 21.8 Å². The molecule has 10 heteroatoms. The Balaban J connectivity index is 1.85. The molecule has 1 saturated heterocycles. The van der Waals surface area contributed by atoms with Crippen LogP contribution in [0.5, 0.6) is 5.88 Å². The number of rotatable bonds is 7. The van der Waals surface area contributed by atoms with Gasteiger partial charge in [-0.1, -0.05) is 43.0 Å². The fourth-order valence-corrected chi connectivity index (χ4v) is 4.90. The zero-order valence-corrected chi connectivity index (χ0v) is 20.4. The average Bonchev–Trinajstić information content (AvgIpc) is 3.06. The molecule has 7 nitrogen and oxygen atoms in total. The van der Waals surface area contributed by atoms with Crippen LogP contribution in [0, 0.1) is 24.1 Å². The smallest absolute Gasteiger partial charge is 0.271 e. The van der Waals surface area contributed by atoms with Gasteiger partial charge in [-0.05, 0) is 49.6 Å². The molecule has 1 unspecified atom stereocenters. The van der Waals surface area contributed by atoms with E-state index < -0.39 is 23.3 Å². The SMILES string of the molecule is CCC(C)n1c(O)c(C(=O)CCN2C(=O)/C(=C/c3ccc(F)cc3)SC2=S)c(C)c(C#N)c1=O. The Morgan fingerprint density at radius 3 is 2.56 bits per heavy atom. The van der Waals surface area contributed by atoms with Gasteiger partial charge in [-0.25, -0.2) is 4.39 Å². The van der Waals surface area contributed by atoms with Crippen molar-refractivity contribution in [2.24, 2.45) is 0 Å². The van der Waals surface area contributed by atoms with Crippen molar-refractivity contribution in [3.8, 4) is 11.9 Å². The lowest BCUT2D eigenvalue weighted by molar-refractivity contribution is -0.122. The topological polar surface area (TPSA) is 103 Å². The predicted octanol–water partition coefficient (Wildman–Crippen LogP) is 4.32. The van der Waals surface area contributed by atoms with E-state index in [1.807, 2.05) is 13.0 Å². The normalized spacial score (nSPS) is 15.6. The number of benzene rings is 1. The first-order valence-corrected chi connectivity index (χ1v) is 11.7. The minimum atomic E-state index is -0.647. The average molecular weight is 500 g/mol. The maximum Gasteiger partial charge on any atom is 0.271 e. The Labute approximate surface area is 205 Å². The van der Waals surface area contributed by atoms with Crippen LogP contribution in [0.15, 0.2) is 34.0 Å². The fourth-order valence-electron chi connectivity index (χ4n) is 3.59. The van der Waals surface area contributed by atoms with Gasteiger partial charge in [0.05, 0.1) is 10.5 Å². The zero-order chi connectivity index (χ0) is 25.2. The number of Topliss-reactive ketones (excluding diaryl/α,β-unsaturated/α-hetero) is 1. The van der Waals surface area contributed by atoms with Gasteiger partial charge >= 0.3 is 0 Å².